The summed E-state index contributed by atoms with van der Waals surface area (Å²) < 4.78 is 44.1. The van der Waals surface area contributed by atoms with E-state index in [4.69, 9.17) is 5.11 Å². The Labute approximate surface area is 112 Å². The molecule has 0 radical (unpaired) electrons. The van der Waals surface area contributed by atoms with Crippen molar-refractivity contribution in [1.29, 1.82) is 0 Å². The Morgan fingerprint density at radius 2 is 1.90 bits per heavy atom. The second-order valence-electron chi connectivity index (χ2n) is 3.33. The number of aliphatic hydroxyl groups is 1. The predicted molar refractivity (Wildman–Crippen MR) is 60.1 cm³/mol. The fourth-order valence-corrected chi connectivity index (χ4v) is 0.874. The van der Waals surface area contributed by atoms with Crippen molar-refractivity contribution in [2.75, 3.05) is 19.9 Å². The Hall–Kier alpha value is -1.81. The monoisotopic (exact) mass is 300 g/mol. The number of rotatable bonds is 8. The third-order valence-electron chi connectivity index (χ3n) is 1.68. The highest BCUT2D eigenvalue weighted by atomic mass is 19.4. The van der Waals surface area contributed by atoms with Crippen LogP contribution < -0.4 is 10.9 Å². The summed E-state index contributed by atoms with van der Waals surface area (Å²) >= 11 is 0. The van der Waals surface area contributed by atoms with Crippen LogP contribution in [0.25, 0.3) is 0 Å². The lowest BCUT2D eigenvalue weighted by Crippen LogP contribution is -2.37. The molecule has 0 fully saturated rings. The summed E-state index contributed by atoms with van der Waals surface area (Å²) in [7, 11) is 0. The van der Waals surface area contributed by atoms with Crippen LogP contribution in [-0.2, 0) is 19.1 Å². The third-order valence-corrected chi connectivity index (χ3v) is 1.68. The van der Waals surface area contributed by atoms with Crippen molar-refractivity contribution in [2.24, 2.45) is 0 Å². The molecule has 0 aliphatic carbocycles. The fourth-order valence-electron chi connectivity index (χ4n) is 0.874. The van der Waals surface area contributed by atoms with Gasteiger partial charge < -0.3 is 14.6 Å². The Kier molecular flexibility index (Phi) is 8.32. The number of nitrogens with one attached hydrogen (secondary N) is 2. The number of esters is 2. The average molecular weight is 300 g/mol. The highest BCUT2D eigenvalue weighted by Gasteiger charge is 2.25. The molecule has 0 aromatic carbocycles. The van der Waals surface area contributed by atoms with Gasteiger partial charge in [-0.1, -0.05) is 0 Å². The summed E-state index contributed by atoms with van der Waals surface area (Å²) in [5.41, 5.74) is 4.33. The quantitative estimate of drug-likeness (QED) is 0.150. The first-order valence-electron chi connectivity index (χ1n) is 5.53. The number of carbonyl (C=O) groups excluding carboxylic acids is 2. The van der Waals surface area contributed by atoms with Crippen molar-refractivity contribution >= 4 is 11.9 Å². The van der Waals surface area contributed by atoms with Crippen molar-refractivity contribution in [3.63, 3.8) is 0 Å². The summed E-state index contributed by atoms with van der Waals surface area (Å²) in [4.78, 5) is 21.9. The van der Waals surface area contributed by atoms with Gasteiger partial charge in [-0.15, -0.1) is 0 Å². The minimum absolute atomic E-state index is 0.0718. The maximum absolute atomic E-state index is 11.7. The number of aliphatic hydroxyl groups excluding tert-OH is 1. The van der Waals surface area contributed by atoms with Crippen LogP contribution in [0.2, 0.25) is 0 Å². The predicted octanol–water partition coefficient (Wildman–Crippen LogP) is 0.539. The van der Waals surface area contributed by atoms with Crippen LogP contribution in [0.5, 0.6) is 0 Å². The molecule has 10 heteroatoms. The van der Waals surface area contributed by atoms with E-state index in [9.17, 15) is 22.8 Å². The molecule has 0 saturated heterocycles. The lowest BCUT2D eigenvalue weighted by molar-refractivity contribution is -0.145. The Balaban J connectivity index is 3.80. The molecule has 0 saturated carbocycles. The van der Waals surface area contributed by atoms with Crippen LogP contribution in [-0.4, -0.2) is 43.1 Å². The van der Waals surface area contributed by atoms with Crippen LogP contribution in [0.1, 0.15) is 13.3 Å². The van der Waals surface area contributed by atoms with E-state index >= 15 is 0 Å². The van der Waals surface area contributed by atoms with Gasteiger partial charge in [0.1, 0.15) is 0 Å². The van der Waals surface area contributed by atoms with E-state index in [1.54, 1.807) is 0 Å². The van der Waals surface area contributed by atoms with E-state index in [-0.39, 0.29) is 6.61 Å². The van der Waals surface area contributed by atoms with Crippen molar-refractivity contribution in [3.05, 3.63) is 11.8 Å². The van der Waals surface area contributed by atoms with Gasteiger partial charge in [-0.2, -0.15) is 13.2 Å². The number of alkyl halides is 3. The molecule has 0 amide bonds. The zero-order chi connectivity index (χ0) is 15.6. The van der Waals surface area contributed by atoms with E-state index in [2.05, 4.69) is 20.3 Å². The second kappa shape index (κ2) is 9.15. The first-order valence-corrected chi connectivity index (χ1v) is 5.53. The van der Waals surface area contributed by atoms with Gasteiger partial charge in [-0.25, -0.2) is 15.0 Å². The van der Waals surface area contributed by atoms with Crippen molar-refractivity contribution in [3.8, 4) is 0 Å². The molecule has 0 aliphatic heterocycles. The standard InChI is InChI=1S/C10H15F3N2O5/c1-2-19-8(17)5-7(16)9(18)20-6-15-14-4-3-10(11,12)13/h5,14-16H,2-4,6H2,1H3/b7-5-. The summed E-state index contributed by atoms with van der Waals surface area (Å²) in [5.74, 6) is -3.11. The molecule has 0 aromatic heterocycles. The van der Waals surface area contributed by atoms with Gasteiger partial charge in [0.05, 0.1) is 19.1 Å². The maximum atomic E-state index is 11.7. The third kappa shape index (κ3) is 10.1. The molecule has 7 nitrogen and oxygen atoms in total. The summed E-state index contributed by atoms with van der Waals surface area (Å²) in [5, 5.41) is 9.11. The molecule has 3 N–H and O–H groups in total. The topological polar surface area (TPSA) is 96.9 Å². The number of hydrogen-bond acceptors (Lipinski definition) is 7. The molecular weight excluding hydrogens is 285 g/mol. The first-order chi connectivity index (χ1) is 9.26. The molecule has 0 aliphatic rings. The highest BCUT2D eigenvalue weighted by Crippen LogP contribution is 2.17. The molecule has 0 rings (SSSR count). The largest absolute Gasteiger partial charge is 0.502 e. The minimum Gasteiger partial charge on any atom is -0.502 e. The number of hydrazine groups is 1. The second-order valence-corrected chi connectivity index (χ2v) is 3.33. The molecule has 0 heterocycles. The normalized spacial score (nSPS) is 12.1. The van der Waals surface area contributed by atoms with Crippen LogP contribution >= 0.6 is 0 Å². The molecule has 0 aromatic rings. The Morgan fingerprint density at radius 3 is 2.45 bits per heavy atom. The van der Waals surface area contributed by atoms with Gasteiger partial charge in [-0.3, -0.25) is 5.43 Å². The summed E-state index contributed by atoms with van der Waals surface area (Å²) in [6.45, 7) is 0.711. The minimum atomic E-state index is -4.29. The van der Waals surface area contributed by atoms with E-state index < -0.39 is 43.6 Å². The summed E-state index contributed by atoms with van der Waals surface area (Å²) in [6, 6.07) is 0. The Morgan fingerprint density at radius 1 is 1.25 bits per heavy atom. The van der Waals surface area contributed by atoms with Crippen molar-refractivity contribution in [2.45, 2.75) is 19.5 Å². The maximum Gasteiger partial charge on any atom is 0.390 e. The lowest BCUT2D eigenvalue weighted by atomic mass is 10.4. The van der Waals surface area contributed by atoms with Gasteiger partial charge in [0.25, 0.3) is 0 Å². The number of halogens is 3. The smallest absolute Gasteiger partial charge is 0.390 e. The average Bonchev–Trinajstić information content (AvgIpc) is 2.32. The number of carbonyl (C=O) groups is 2. The van der Waals surface area contributed by atoms with Crippen molar-refractivity contribution in [1.82, 2.24) is 10.9 Å². The summed E-state index contributed by atoms with van der Waals surface area (Å²) in [6.07, 6.45) is -4.81. The van der Waals surface area contributed by atoms with E-state index in [1.807, 2.05) is 0 Å². The molecule has 116 valence electrons. The number of ether oxygens (including phenoxy) is 2. The van der Waals surface area contributed by atoms with E-state index in [1.165, 1.54) is 6.92 Å². The molecule has 0 spiro atoms. The van der Waals surface area contributed by atoms with Crippen LogP contribution in [0.4, 0.5) is 13.2 Å². The molecule has 20 heavy (non-hydrogen) atoms. The first kappa shape index (κ1) is 18.2. The van der Waals surface area contributed by atoms with Crippen LogP contribution in [0, 0.1) is 0 Å². The molecule has 0 bridgehead atoms. The van der Waals surface area contributed by atoms with Gasteiger partial charge in [-0.05, 0) is 6.92 Å². The Bertz CT molecular complexity index is 357. The van der Waals surface area contributed by atoms with E-state index in [0.717, 1.165) is 0 Å². The van der Waals surface area contributed by atoms with Gasteiger partial charge in [0, 0.05) is 6.54 Å². The van der Waals surface area contributed by atoms with Crippen LogP contribution in [0.15, 0.2) is 11.8 Å². The molecular formula is C10H15F3N2O5. The van der Waals surface area contributed by atoms with Crippen LogP contribution in [0.3, 0.4) is 0 Å². The SMILES string of the molecule is CCOC(=O)/C=C(\O)C(=O)OCNNCCC(F)(F)F. The highest BCUT2D eigenvalue weighted by molar-refractivity contribution is 5.94. The van der Waals surface area contributed by atoms with E-state index in [0.29, 0.717) is 6.08 Å². The molecule has 0 atom stereocenters. The number of hydrogen-bond donors (Lipinski definition) is 3. The lowest BCUT2D eigenvalue weighted by Gasteiger charge is -2.09. The van der Waals surface area contributed by atoms with Crippen molar-refractivity contribution < 1.29 is 37.3 Å². The van der Waals surface area contributed by atoms with Gasteiger partial charge in [0.15, 0.2) is 6.73 Å². The molecule has 0 unspecified atom stereocenters. The van der Waals surface area contributed by atoms with Gasteiger partial charge >= 0.3 is 18.1 Å². The zero-order valence-electron chi connectivity index (χ0n) is 10.6. The zero-order valence-corrected chi connectivity index (χ0v) is 10.6. The fraction of sp³-hybridized carbons (Fsp3) is 0.600. The van der Waals surface area contributed by atoms with Gasteiger partial charge in [0.2, 0.25) is 5.76 Å².